The van der Waals surface area contributed by atoms with Crippen molar-refractivity contribution in [2.24, 2.45) is 7.05 Å². The van der Waals surface area contributed by atoms with Crippen LogP contribution in [0.2, 0.25) is 0 Å². The Morgan fingerprint density at radius 3 is 3.00 bits per heavy atom. The van der Waals surface area contributed by atoms with Gasteiger partial charge in [-0.1, -0.05) is 11.8 Å². The first-order valence-corrected chi connectivity index (χ1v) is 10.7. The Balaban J connectivity index is 1.52. The van der Waals surface area contributed by atoms with E-state index in [1.165, 1.54) is 18.1 Å². The lowest BCUT2D eigenvalue weighted by atomic mass is 10.2. The van der Waals surface area contributed by atoms with E-state index >= 15 is 0 Å². The summed E-state index contributed by atoms with van der Waals surface area (Å²) in [5.41, 5.74) is 3.07. The molecule has 10 heteroatoms. The van der Waals surface area contributed by atoms with Gasteiger partial charge in [0.05, 0.1) is 35.5 Å². The van der Waals surface area contributed by atoms with Gasteiger partial charge in [-0.3, -0.25) is 9.48 Å². The first-order chi connectivity index (χ1) is 14.5. The van der Waals surface area contributed by atoms with Crippen LogP contribution in [0.4, 0.5) is 5.82 Å². The van der Waals surface area contributed by atoms with Gasteiger partial charge in [-0.25, -0.2) is 9.97 Å². The van der Waals surface area contributed by atoms with Crippen molar-refractivity contribution in [2.45, 2.75) is 44.4 Å². The molecule has 1 atom stereocenters. The maximum Gasteiger partial charge on any atom is 0.235 e. The van der Waals surface area contributed by atoms with Crippen molar-refractivity contribution < 1.29 is 9.53 Å². The summed E-state index contributed by atoms with van der Waals surface area (Å²) in [5, 5.41) is 18.3. The number of hydrogen-bond donors (Lipinski definition) is 1. The smallest absolute Gasteiger partial charge is 0.235 e. The third-order valence-corrected chi connectivity index (χ3v) is 6.45. The van der Waals surface area contributed by atoms with Crippen LogP contribution in [-0.2, 0) is 23.1 Å². The summed E-state index contributed by atoms with van der Waals surface area (Å²) >= 11 is 1.32. The quantitative estimate of drug-likeness (QED) is 0.477. The summed E-state index contributed by atoms with van der Waals surface area (Å²) in [7, 11) is 1.81. The number of fused-ring (bicyclic) bond motifs is 1. The van der Waals surface area contributed by atoms with Crippen LogP contribution in [0.5, 0.6) is 0 Å². The van der Waals surface area contributed by atoms with E-state index in [0.29, 0.717) is 23.0 Å². The van der Waals surface area contributed by atoms with Crippen molar-refractivity contribution in [2.75, 3.05) is 17.7 Å². The van der Waals surface area contributed by atoms with Crippen LogP contribution >= 0.6 is 11.8 Å². The zero-order chi connectivity index (χ0) is 21.3. The molecule has 1 fully saturated rings. The number of carbonyl (C=O) groups excluding carboxylic acids is 1. The predicted octanol–water partition coefficient (Wildman–Crippen LogP) is 2.56. The first kappa shape index (κ1) is 20.4. The molecule has 0 bridgehead atoms. The number of hydrogen-bond acceptors (Lipinski definition) is 7. The van der Waals surface area contributed by atoms with Gasteiger partial charge in [-0.05, 0) is 32.3 Å². The molecule has 0 saturated carbocycles. The number of anilines is 1. The topological polar surface area (TPSA) is 111 Å². The highest BCUT2D eigenvalue weighted by Crippen LogP contribution is 2.29. The average Bonchev–Trinajstić information content (AvgIpc) is 3.44. The van der Waals surface area contributed by atoms with E-state index in [-0.39, 0.29) is 17.8 Å². The minimum absolute atomic E-state index is 0.104. The Labute approximate surface area is 178 Å². The number of amides is 1. The van der Waals surface area contributed by atoms with E-state index in [9.17, 15) is 10.1 Å². The van der Waals surface area contributed by atoms with Gasteiger partial charge < -0.3 is 14.6 Å². The summed E-state index contributed by atoms with van der Waals surface area (Å²) in [4.78, 5) is 21.3. The fourth-order valence-electron chi connectivity index (χ4n) is 3.71. The Bertz CT molecular complexity index is 1140. The number of ether oxygens (including phenoxy) is 1. The Hall–Kier alpha value is -2.90. The maximum absolute atomic E-state index is 12.8. The summed E-state index contributed by atoms with van der Waals surface area (Å²) in [5.74, 6) is 0.510. The summed E-state index contributed by atoms with van der Waals surface area (Å²) in [6, 6.07) is 2.24. The highest BCUT2D eigenvalue weighted by molar-refractivity contribution is 8.00. The number of rotatable bonds is 6. The van der Waals surface area contributed by atoms with Crippen molar-refractivity contribution in [1.82, 2.24) is 24.3 Å². The van der Waals surface area contributed by atoms with Gasteiger partial charge in [0, 0.05) is 19.3 Å². The lowest BCUT2D eigenvalue weighted by Gasteiger charge is -2.16. The van der Waals surface area contributed by atoms with Crippen molar-refractivity contribution in [3.8, 4) is 6.07 Å². The molecule has 0 radical (unpaired) electrons. The predicted molar refractivity (Wildman–Crippen MR) is 113 cm³/mol. The molecular weight excluding hydrogens is 402 g/mol. The van der Waals surface area contributed by atoms with Crippen LogP contribution < -0.4 is 5.32 Å². The molecule has 0 aliphatic carbocycles. The van der Waals surface area contributed by atoms with Crippen LogP contribution in [0.1, 0.15) is 29.7 Å². The number of nitriles is 1. The second-order valence-electron chi connectivity index (χ2n) is 7.31. The number of nitrogens with zero attached hydrogens (tertiary/aromatic N) is 6. The van der Waals surface area contributed by atoms with Crippen molar-refractivity contribution in [3.63, 3.8) is 0 Å². The monoisotopic (exact) mass is 425 g/mol. The summed E-state index contributed by atoms with van der Waals surface area (Å²) in [6.07, 6.45) is 5.29. The maximum atomic E-state index is 12.8. The van der Waals surface area contributed by atoms with E-state index in [1.54, 1.807) is 10.9 Å². The lowest BCUT2D eigenvalue weighted by molar-refractivity contribution is -0.113. The number of nitrogens with one attached hydrogen (secondary N) is 1. The lowest BCUT2D eigenvalue weighted by Crippen LogP contribution is -2.22. The van der Waals surface area contributed by atoms with Gasteiger partial charge in [-0.15, -0.1) is 0 Å². The minimum Gasteiger partial charge on any atom is -0.376 e. The normalized spacial score (nSPS) is 16.1. The highest BCUT2D eigenvalue weighted by atomic mass is 32.2. The largest absolute Gasteiger partial charge is 0.376 e. The SMILES string of the molecule is Cc1c(C#N)c(NC(=O)CSc2ncnc3c2cnn3C)n(CC2CCCO2)c1C. The molecule has 1 saturated heterocycles. The van der Waals surface area contributed by atoms with Gasteiger partial charge in [0.15, 0.2) is 5.65 Å². The van der Waals surface area contributed by atoms with E-state index in [1.807, 2.05) is 25.5 Å². The Morgan fingerprint density at radius 2 is 2.27 bits per heavy atom. The molecule has 30 heavy (non-hydrogen) atoms. The van der Waals surface area contributed by atoms with Crippen molar-refractivity contribution in [3.05, 3.63) is 29.3 Å². The van der Waals surface area contributed by atoms with Gasteiger partial charge in [0.1, 0.15) is 23.2 Å². The van der Waals surface area contributed by atoms with Gasteiger partial charge >= 0.3 is 0 Å². The number of aromatic nitrogens is 5. The van der Waals surface area contributed by atoms with Crippen LogP contribution in [0, 0.1) is 25.2 Å². The molecule has 1 aliphatic rings. The molecule has 1 amide bonds. The van der Waals surface area contributed by atoms with Gasteiger partial charge in [0.2, 0.25) is 5.91 Å². The van der Waals surface area contributed by atoms with Gasteiger partial charge in [0.25, 0.3) is 0 Å². The molecule has 9 nitrogen and oxygen atoms in total. The van der Waals surface area contributed by atoms with Crippen LogP contribution in [0.3, 0.4) is 0 Å². The third-order valence-electron chi connectivity index (χ3n) is 5.44. The second-order valence-corrected chi connectivity index (χ2v) is 8.28. The summed E-state index contributed by atoms with van der Waals surface area (Å²) in [6.45, 7) is 5.26. The molecule has 1 aliphatic heterocycles. The minimum atomic E-state index is -0.196. The fraction of sp³-hybridized carbons (Fsp3) is 0.450. The average molecular weight is 426 g/mol. The molecular formula is C20H23N7O2S. The standard InChI is InChI=1S/C20H23N7O2S/c1-12-13(2)27(9-14-5-4-6-29-14)19(15(12)7-21)25-17(28)10-30-20-16-8-24-26(3)18(16)22-11-23-20/h8,11,14H,4-6,9-10H2,1-3H3,(H,25,28). The van der Waals surface area contributed by atoms with Crippen LogP contribution in [-0.4, -0.2) is 48.7 Å². The zero-order valence-corrected chi connectivity index (χ0v) is 18.0. The number of thioether (sulfide) groups is 1. The van der Waals surface area contributed by atoms with E-state index in [4.69, 9.17) is 4.74 Å². The summed E-state index contributed by atoms with van der Waals surface area (Å²) < 4.78 is 9.43. The van der Waals surface area contributed by atoms with Crippen LogP contribution in [0.15, 0.2) is 17.6 Å². The second kappa shape index (κ2) is 8.45. The highest BCUT2D eigenvalue weighted by Gasteiger charge is 2.24. The fourth-order valence-corrected chi connectivity index (χ4v) is 4.47. The molecule has 0 spiro atoms. The number of aryl methyl sites for hydroxylation is 1. The Kier molecular flexibility index (Phi) is 5.74. The molecule has 1 unspecified atom stereocenters. The van der Waals surface area contributed by atoms with Gasteiger partial charge in [-0.2, -0.15) is 10.4 Å². The van der Waals surface area contributed by atoms with E-state index < -0.39 is 0 Å². The molecule has 156 valence electrons. The molecule has 1 N–H and O–H groups in total. The number of carbonyl (C=O) groups is 1. The third kappa shape index (κ3) is 3.78. The molecule has 0 aromatic carbocycles. The Morgan fingerprint density at radius 1 is 1.43 bits per heavy atom. The van der Waals surface area contributed by atoms with E-state index in [0.717, 1.165) is 41.7 Å². The van der Waals surface area contributed by atoms with Crippen molar-refractivity contribution in [1.29, 1.82) is 5.26 Å². The zero-order valence-electron chi connectivity index (χ0n) is 17.2. The molecule has 3 aromatic heterocycles. The van der Waals surface area contributed by atoms with Crippen LogP contribution in [0.25, 0.3) is 11.0 Å². The first-order valence-electron chi connectivity index (χ1n) is 9.76. The molecule has 4 heterocycles. The van der Waals surface area contributed by atoms with Crippen molar-refractivity contribution >= 4 is 34.5 Å². The van der Waals surface area contributed by atoms with E-state index in [2.05, 4.69) is 26.5 Å². The molecule has 3 aromatic rings. The molecule has 4 rings (SSSR count).